The molecule has 1 aromatic rings. The Morgan fingerprint density at radius 1 is 1.30 bits per heavy atom. The molecule has 10 heavy (non-hydrogen) atoms. The van der Waals surface area contributed by atoms with Crippen LogP contribution in [-0.4, -0.2) is 0 Å². The van der Waals surface area contributed by atoms with Crippen LogP contribution in [0.5, 0.6) is 0 Å². The highest BCUT2D eigenvalue weighted by Crippen LogP contribution is 2.02. The normalized spacial score (nSPS) is 9.80. The summed E-state index contributed by atoms with van der Waals surface area (Å²) in [5.41, 5.74) is 1.35. The molecule has 1 rings (SSSR count). The van der Waals surface area contributed by atoms with Crippen molar-refractivity contribution < 1.29 is 0 Å². The third-order valence-electron chi connectivity index (χ3n) is 1.51. The van der Waals surface area contributed by atoms with Gasteiger partial charge in [-0.2, -0.15) is 0 Å². The predicted molar refractivity (Wildman–Crippen MR) is 47.0 cm³/mol. The number of aryl methyl sites for hydroxylation is 1. The molecule has 0 aliphatic carbocycles. The first-order valence-electron chi connectivity index (χ1n) is 3.61. The Labute approximate surface area is 64.9 Å². The molecular weight excluding hydrogens is 139 g/mol. The van der Waals surface area contributed by atoms with Gasteiger partial charge in [0.05, 0.1) is 0 Å². The molecule has 0 aromatic heterocycles. The fourth-order valence-electron chi connectivity index (χ4n) is 0.992. The summed E-state index contributed by atoms with van der Waals surface area (Å²) in [6, 6.07) is 8.24. The SMILES string of the molecule is CCCc1ccccc1[P]. The first-order valence-corrected chi connectivity index (χ1v) is 4.06. The van der Waals surface area contributed by atoms with Gasteiger partial charge in [0.25, 0.3) is 0 Å². The van der Waals surface area contributed by atoms with Crippen LogP contribution in [0.4, 0.5) is 0 Å². The second-order valence-electron chi connectivity index (χ2n) is 2.38. The van der Waals surface area contributed by atoms with Crippen molar-refractivity contribution in [1.82, 2.24) is 0 Å². The van der Waals surface area contributed by atoms with Gasteiger partial charge in [-0.15, -0.1) is 0 Å². The van der Waals surface area contributed by atoms with Gasteiger partial charge in [-0.3, -0.25) is 0 Å². The van der Waals surface area contributed by atoms with Crippen molar-refractivity contribution >= 4 is 14.5 Å². The van der Waals surface area contributed by atoms with Crippen LogP contribution in [0.25, 0.3) is 0 Å². The van der Waals surface area contributed by atoms with Crippen LogP contribution in [0.3, 0.4) is 0 Å². The highest BCUT2D eigenvalue weighted by Gasteiger charge is 1.93. The first-order chi connectivity index (χ1) is 4.84. The van der Waals surface area contributed by atoms with Crippen LogP contribution >= 0.6 is 9.24 Å². The topological polar surface area (TPSA) is 0 Å². The van der Waals surface area contributed by atoms with Crippen LogP contribution in [0.1, 0.15) is 18.9 Å². The maximum absolute atomic E-state index is 4.33. The number of hydrogen-bond acceptors (Lipinski definition) is 0. The van der Waals surface area contributed by atoms with Gasteiger partial charge in [0.1, 0.15) is 0 Å². The fraction of sp³-hybridized carbons (Fsp3) is 0.333. The van der Waals surface area contributed by atoms with Crippen LogP contribution in [0, 0.1) is 0 Å². The van der Waals surface area contributed by atoms with E-state index >= 15 is 0 Å². The van der Waals surface area contributed by atoms with Gasteiger partial charge in [0.2, 0.25) is 0 Å². The van der Waals surface area contributed by atoms with Crippen molar-refractivity contribution in [2.75, 3.05) is 0 Å². The molecule has 0 aliphatic heterocycles. The van der Waals surface area contributed by atoms with E-state index in [1.807, 2.05) is 12.1 Å². The van der Waals surface area contributed by atoms with Crippen molar-refractivity contribution in [1.29, 1.82) is 0 Å². The van der Waals surface area contributed by atoms with E-state index < -0.39 is 0 Å². The highest BCUT2D eigenvalue weighted by atomic mass is 31.0. The van der Waals surface area contributed by atoms with Crippen molar-refractivity contribution in [2.45, 2.75) is 19.8 Å². The molecule has 0 atom stereocenters. The Morgan fingerprint density at radius 3 is 2.60 bits per heavy atom. The van der Waals surface area contributed by atoms with Crippen molar-refractivity contribution in [2.24, 2.45) is 0 Å². The molecule has 0 N–H and O–H groups in total. The minimum atomic E-state index is 1.12. The Hall–Kier alpha value is -0.350. The summed E-state index contributed by atoms with van der Waals surface area (Å²) >= 11 is 0. The summed E-state index contributed by atoms with van der Waals surface area (Å²) in [7, 11) is 4.33. The number of hydrogen-bond donors (Lipinski definition) is 0. The number of rotatable bonds is 2. The molecular formula is C9H11P. The second-order valence-corrected chi connectivity index (χ2v) is 2.86. The summed E-state index contributed by atoms with van der Waals surface area (Å²) in [6.07, 6.45) is 2.33. The van der Waals surface area contributed by atoms with Gasteiger partial charge in [-0.1, -0.05) is 37.6 Å². The van der Waals surface area contributed by atoms with E-state index in [1.54, 1.807) is 0 Å². The van der Waals surface area contributed by atoms with E-state index in [2.05, 4.69) is 28.3 Å². The third-order valence-corrected chi connectivity index (χ3v) is 1.95. The van der Waals surface area contributed by atoms with E-state index in [0.29, 0.717) is 0 Å². The van der Waals surface area contributed by atoms with Crippen LogP contribution in [-0.2, 0) is 6.42 Å². The van der Waals surface area contributed by atoms with Crippen LogP contribution in [0.15, 0.2) is 24.3 Å². The molecule has 52 valence electrons. The number of benzene rings is 1. The zero-order valence-corrected chi connectivity index (χ0v) is 7.07. The first kappa shape index (κ1) is 7.75. The molecule has 1 heteroatoms. The van der Waals surface area contributed by atoms with Gasteiger partial charge in [0.15, 0.2) is 0 Å². The standard InChI is InChI=1S/C9H11P/c1-2-5-8-6-3-4-7-9(8)10/h3-4,6-7H,2,5H2,1H3. The quantitative estimate of drug-likeness (QED) is 0.568. The summed E-state index contributed by atoms with van der Waals surface area (Å²) in [5, 5.41) is 1.12. The van der Waals surface area contributed by atoms with E-state index in [0.717, 1.165) is 11.7 Å². The molecule has 0 fully saturated rings. The van der Waals surface area contributed by atoms with E-state index in [4.69, 9.17) is 0 Å². The lowest BCUT2D eigenvalue weighted by Gasteiger charge is -2.00. The zero-order chi connectivity index (χ0) is 7.40. The van der Waals surface area contributed by atoms with Gasteiger partial charge < -0.3 is 0 Å². The van der Waals surface area contributed by atoms with Crippen LogP contribution < -0.4 is 5.30 Å². The molecule has 0 bridgehead atoms. The average molecular weight is 150 g/mol. The molecule has 0 unspecified atom stereocenters. The molecule has 0 nitrogen and oxygen atoms in total. The average Bonchev–Trinajstić information content (AvgIpc) is 1.94. The Balaban J connectivity index is 2.81. The van der Waals surface area contributed by atoms with Crippen molar-refractivity contribution in [3.05, 3.63) is 29.8 Å². The second kappa shape index (κ2) is 3.73. The van der Waals surface area contributed by atoms with Gasteiger partial charge >= 0.3 is 0 Å². The Morgan fingerprint density at radius 2 is 2.00 bits per heavy atom. The summed E-state index contributed by atoms with van der Waals surface area (Å²) in [5.74, 6) is 0. The lowest BCUT2D eigenvalue weighted by molar-refractivity contribution is 0.928. The molecule has 0 heterocycles. The van der Waals surface area contributed by atoms with Gasteiger partial charge in [0, 0.05) is 0 Å². The van der Waals surface area contributed by atoms with Crippen molar-refractivity contribution in [3.8, 4) is 0 Å². The third kappa shape index (κ3) is 1.82. The zero-order valence-electron chi connectivity index (χ0n) is 6.17. The van der Waals surface area contributed by atoms with E-state index in [-0.39, 0.29) is 0 Å². The molecule has 0 spiro atoms. The minimum Gasteiger partial charge on any atom is -0.0651 e. The fourth-order valence-corrected chi connectivity index (χ4v) is 1.26. The predicted octanol–water partition coefficient (Wildman–Crippen LogP) is 2.67. The molecule has 2 radical (unpaired) electrons. The highest BCUT2D eigenvalue weighted by molar-refractivity contribution is 7.27. The summed E-state index contributed by atoms with van der Waals surface area (Å²) in [6.45, 7) is 2.18. The molecule has 0 saturated heterocycles. The summed E-state index contributed by atoms with van der Waals surface area (Å²) < 4.78 is 0. The maximum Gasteiger partial charge on any atom is -0.00533 e. The van der Waals surface area contributed by atoms with E-state index in [9.17, 15) is 0 Å². The molecule has 0 aliphatic rings. The van der Waals surface area contributed by atoms with Gasteiger partial charge in [-0.05, 0) is 26.5 Å². The summed E-state index contributed by atoms with van der Waals surface area (Å²) in [4.78, 5) is 0. The minimum absolute atomic E-state index is 1.12. The molecule has 1 aromatic carbocycles. The molecule has 0 amide bonds. The Bertz CT molecular complexity index is 206. The molecule has 0 saturated carbocycles. The maximum atomic E-state index is 4.33. The largest absolute Gasteiger partial charge is 0.0651 e. The Kier molecular flexibility index (Phi) is 2.89. The van der Waals surface area contributed by atoms with Crippen molar-refractivity contribution in [3.63, 3.8) is 0 Å². The van der Waals surface area contributed by atoms with Gasteiger partial charge in [-0.25, -0.2) is 0 Å². The smallest absolute Gasteiger partial charge is 0.00533 e. The lowest BCUT2D eigenvalue weighted by Crippen LogP contribution is -1.99. The van der Waals surface area contributed by atoms with Crippen LogP contribution in [0.2, 0.25) is 0 Å². The van der Waals surface area contributed by atoms with E-state index in [1.165, 1.54) is 12.0 Å². The monoisotopic (exact) mass is 150 g/mol. The lowest BCUT2D eigenvalue weighted by atomic mass is 10.1.